The van der Waals surface area contributed by atoms with E-state index in [0.29, 0.717) is 17.6 Å². The normalized spacial score (nSPS) is 19.8. The molecule has 31 heavy (non-hydrogen) atoms. The number of rotatable bonds is 4. The highest BCUT2D eigenvalue weighted by molar-refractivity contribution is 7.98. The SMILES string of the molecule is CSc1nc(=O)n(C[C@@H]2CCCN2)cc1C1c2ccc(Cl)cc2C=Cc2sc(C)nc21. The second-order valence-corrected chi connectivity index (χ2v) is 10.4. The number of hydrogen-bond donors (Lipinski definition) is 1. The van der Waals surface area contributed by atoms with Crippen LogP contribution in [-0.4, -0.2) is 33.4 Å². The Balaban J connectivity index is 1.71. The van der Waals surface area contributed by atoms with Gasteiger partial charge in [0.05, 0.1) is 21.5 Å². The van der Waals surface area contributed by atoms with Crippen LogP contribution in [0.5, 0.6) is 0 Å². The van der Waals surface area contributed by atoms with Crippen molar-refractivity contribution >= 4 is 46.9 Å². The Morgan fingerprint density at radius 2 is 2.16 bits per heavy atom. The van der Waals surface area contributed by atoms with Crippen molar-refractivity contribution in [3.8, 4) is 0 Å². The van der Waals surface area contributed by atoms with Crippen LogP contribution in [0.4, 0.5) is 0 Å². The molecule has 0 spiro atoms. The van der Waals surface area contributed by atoms with Crippen LogP contribution in [0.2, 0.25) is 5.02 Å². The van der Waals surface area contributed by atoms with Gasteiger partial charge >= 0.3 is 5.69 Å². The summed E-state index contributed by atoms with van der Waals surface area (Å²) in [6.07, 6.45) is 10.4. The molecule has 2 aromatic heterocycles. The molecule has 1 aliphatic heterocycles. The van der Waals surface area contributed by atoms with E-state index in [-0.39, 0.29) is 11.6 Å². The molecule has 1 aliphatic carbocycles. The molecule has 160 valence electrons. The highest BCUT2D eigenvalue weighted by atomic mass is 35.5. The van der Waals surface area contributed by atoms with Crippen LogP contribution >= 0.6 is 34.7 Å². The first-order chi connectivity index (χ1) is 15.0. The van der Waals surface area contributed by atoms with E-state index in [2.05, 4.69) is 28.5 Å². The second kappa shape index (κ2) is 8.54. The third-order valence-corrected chi connectivity index (χ3v) is 7.80. The molecule has 0 amide bonds. The fourth-order valence-electron chi connectivity index (χ4n) is 4.50. The molecule has 1 aromatic carbocycles. The van der Waals surface area contributed by atoms with E-state index in [4.69, 9.17) is 16.6 Å². The highest BCUT2D eigenvalue weighted by Crippen LogP contribution is 2.43. The highest BCUT2D eigenvalue weighted by Gasteiger charge is 2.30. The number of fused-ring (bicyclic) bond motifs is 2. The molecule has 1 N–H and O–H groups in total. The zero-order valence-corrected chi connectivity index (χ0v) is 19.8. The van der Waals surface area contributed by atoms with Crippen molar-refractivity contribution in [3.05, 3.63) is 72.2 Å². The summed E-state index contributed by atoms with van der Waals surface area (Å²) in [5.74, 6) is -0.111. The number of halogens is 1. The third-order valence-electron chi connectivity index (χ3n) is 5.90. The molecule has 1 unspecified atom stereocenters. The van der Waals surface area contributed by atoms with Crippen molar-refractivity contribution in [1.29, 1.82) is 0 Å². The van der Waals surface area contributed by atoms with Gasteiger partial charge in [0.2, 0.25) is 0 Å². The number of nitrogens with zero attached hydrogens (tertiary/aromatic N) is 3. The Morgan fingerprint density at radius 1 is 1.29 bits per heavy atom. The molecule has 0 radical (unpaired) electrons. The van der Waals surface area contributed by atoms with Crippen LogP contribution in [0, 0.1) is 6.92 Å². The summed E-state index contributed by atoms with van der Waals surface area (Å²) < 4.78 is 1.77. The Hall–Kier alpha value is -1.93. The van der Waals surface area contributed by atoms with Crippen molar-refractivity contribution in [2.24, 2.45) is 0 Å². The molecule has 3 heterocycles. The van der Waals surface area contributed by atoms with Gasteiger partial charge in [-0.3, -0.25) is 4.57 Å². The molecular formula is C23H23ClN4OS2. The van der Waals surface area contributed by atoms with Crippen LogP contribution in [0.25, 0.3) is 12.2 Å². The standard InChI is InChI=1S/C23H23ClN4OS2/c1-13-26-21-19(31-13)8-5-14-10-15(24)6-7-17(14)20(21)18-12-28(11-16-4-3-9-25-16)23(29)27-22(18)30-2/h5-8,10,12,16,20,25H,3-4,9,11H2,1-2H3/t16-,20?/m0/s1. The van der Waals surface area contributed by atoms with E-state index in [1.165, 1.54) is 11.8 Å². The lowest BCUT2D eigenvalue weighted by Gasteiger charge is -2.22. The van der Waals surface area contributed by atoms with Gasteiger partial charge in [-0.15, -0.1) is 23.1 Å². The monoisotopic (exact) mass is 470 g/mol. The van der Waals surface area contributed by atoms with Crippen LogP contribution in [0.1, 0.15) is 51.0 Å². The molecule has 0 bridgehead atoms. The summed E-state index contributed by atoms with van der Waals surface area (Å²) in [4.78, 5) is 23.3. The Labute approximate surface area is 194 Å². The molecule has 0 saturated carbocycles. The summed E-state index contributed by atoms with van der Waals surface area (Å²) in [7, 11) is 0. The molecule has 2 atom stereocenters. The van der Waals surface area contributed by atoms with Crippen LogP contribution in [0.3, 0.4) is 0 Å². The minimum absolute atomic E-state index is 0.111. The van der Waals surface area contributed by atoms with E-state index in [1.807, 2.05) is 31.5 Å². The summed E-state index contributed by atoms with van der Waals surface area (Å²) in [5.41, 5.74) is 4.04. The van der Waals surface area contributed by atoms with Crippen LogP contribution < -0.4 is 11.0 Å². The zero-order chi connectivity index (χ0) is 21.5. The fraction of sp³-hybridized carbons (Fsp3) is 0.348. The first kappa shape index (κ1) is 20.9. The van der Waals surface area contributed by atoms with E-state index >= 15 is 0 Å². The van der Waals surface area contributed by atoms with Crippen LogP contribution in [-0.2, 0) is 6.54 Å². The van der Waals surface area contributed by atoms with E-state index in [0.717, 1.165) is 56.7 Å². The molecule has 1 saturated heterocycles. The van der Waals surface area contributed by atoms with E-state index in [1.54, 1.807) is 15.9 Å². The Bertz CT molecular complexity index is 1230. The van der Waals surface area contributed by atoms with Gasteiger partial charge in [-0.05, 0) is 61.9 Å². The first-order valence-electron chi connectivity index (χ1n) is 10.4. The summed E-state index contributed by atoms with van der Waals surface area (Å²) in [5, 5.41) is 5.97. The van der Waals surface area contributed by atoms with Gasteiger partial charge in [0.1, 0.15) is 5.03 Å². The van der Waals surface area contributed by atoms with Gasteiger partial charge in [-0.25, -0.2) is 9.78 Å². The largest absolute Gasteiger partial charge is 0.348 e. The summed E-state index contributed by atoms with van der Waals surface area (Å²) in [6.45, 7) is 3.68. The average molecular weight is 471 g/mol. The van der Waals surface area contributed by atoms with Gasteiger partial charge in [0, 0.05) is 29.4 Å². The lowest BCUT2D eigenvalue weighted by atomic mass is 9.87. The zero-order valence-electron chi connectivity index (χ0n) is 17.4. The van der Waals surface area contributed by atoms with Crippen molar-refractivity contribution in [1.82, 2.24) is 19.9 Å². The van der Waals surface area contributed by atoms with Gasteiger partial charge in [-0.1, -0.05) is 23.7 Å². The smallest absolute Gasteiger partial charge is 0.312 e. The number of thiazole rings is 1. The van der Waals surface area contributed by atoms with Gasteiger partial charge in [0.15, 0.2) is 0 Å². The van der Waals surface area contributed by atoms with Crippen molar-refractivity contribution in [2.75, 3.05) is 12.8 Å². The number of aromatic nitrogens is 3. The predicted molar refractivity (Wildman–Crippen MR) is 129 cm³/mol. The number of hydrogen-bond acceptors (Lipinski definition) is 6. The molecule has 2 aliphatic rings. The van der Waals surface area contributed by atoms with Crippen molar-refractivity contribution in [3.63, 3.8) is 0 Å². The Kier molecular flexibility index (Phi) is 5.77. The second-order valence-electron chi connectivity index (χ2n) is 7.96. The molecule has 5 rings (SSSR count). The minimum Gasteiger partial charge on any atom is -0.312 e. The predicted octanol–water partition coefficient (Wildman–Crippen LogP) is 4.80. The van der Waals surface area contributed by atoms with Crippen molar-refractivity contribution in [2.45, 2.75) is 43.3 Å². The Morgan fingerprint density at radius 3 is 2.94 bits per heavy atom. The maximum Gasteiger partial charge on any atom is 0.348 e. The number of aryl methyl sites for hydroxylation is 1. The topological polar surface area (TPSA) is 59.8 Å². The quantitative estimate of drug-likeness (QED) is 0.343. The molecular weight excluding hydrogens is 448 g/mol. The minimum atomic E-state index is -0.195. The molecule has 8 heteroatoms. The molecule has 3 aromatic rings. The molecule has 5 nitrogen and oxygen atoms in total. The van der Waals surface area contributed by atoms with Crippen molar-refractivity contribution < 1.29 is 0 Å². The summed E-state index contributed by atoms with van der Waals surface area (Å²) in [6, 6.07) is 6.31. The van der Waals surface area contributed by atoms with E-state index in [9.17, 15) is 4.79 Å². The number of benzene rings is 1. The maximum absolute atomic E-state index is 12.8. The van der Waals surface area contributed by atoms with Gasteiger partial charge < -0.3 is 5.32 Å². The van der Waals surface area contributed by atoms with Crippen LogP contribution in [0.15, 0.2) is 34.2 Å². The number of thioether (sulfide) groups is 1. The number of nitrogens with one attached hydrogen (secondary N) is 1. The fourth-order valence-corrected chi connectivity index (χ4v) is 6.12. The third kappa shape index (κ3) is 4.00. The van der Waals surface area contributed by atoms with Gasteiger partial charge in [-0.2, -0.15) is 4.98 Å². The lowest BCUT2D eigenvalue weighted by Crippen LogP contribution is -2.34. The van der Waals surface area contributed by atoms with Gasteiger partial charge in [0.25, 0.3) is 0 Å². The lowest BCUT2D eigenvalue weighted by molar-refractivity contribution is 0.487. The van der Waals surface area contributed by atoms with E-state index < -0.39 is 0 Å². The summed E-state index contributed by atoms with van der Waals surface area (Å²) >= 11 is 9.51. The average Bonchev–Trinajstić information content (AvgIpc) is 3.36. The maximum atomic E-state index is 12.8. The first-order valence-corrected chi connectivity index (χ1v) is 12.8. The molecule has 1 fully saturated rings.